The third-order valence-corrected chi connectivity index (χ3v) is 2.16. The first-order valence-corrected chi connectivity index (χ1v) is 4.94. The molecule has 0 spiro atoms. The largest absolute Gasteiger partial charge is 0.441 e. The van der Waals surface area contributed by atoms with E-state index in [4.69, 9.17) is 15.6 Å². The van der Waals surface area contributed by atoms with Crippen molar-refractivity contribution in [3.63, 3.8) is 0 Å². The highest BCUT2D eigenvalue weighted by atomic mass is 32.2. The number of rotatable bonds is 2. The first-order valence-electron chi connectivity index (χ1n) is 3.05. The first kappa shape index (κ1) is 8.79. The van der Waals surface area contributed by atoms with Gasteiger partial charge in [0.15, 0.2) is 11.6 Å². The van der Waals surface area contributed by atoms with Gasteiger partial charge in [0.2, 0.25) is 14.9 Å². The van der Waals surface area contributed by atoms with Gasteiger partial charge in [-0.1, -0.05) is 0 Å². The Balaban J connectivity index is 3.17. The predicted octanol–water partition coefficient (Wildman–Crippen LogP) is -0.0328. The fraction of sp³-hybridized carbons (Fsp3) is 0.167. The van der Waals surface area contributed by atoms with Crippen molar-refractivity contribution in [1.82, 2.24) is 0 Å². The number of hydrogen-bond acceptors (Lipinski definition) is 4. The van der Waals surface area contributed by atoms with Gasteiger partial charge in [-0.15, -0.1) is 0 Å². The molecule has 1 aromatic heterocycles. The molecule has 0 amide bonds. The summed E-state index contributed by atoms with van der Waals surface area (Å²) in [6.45, 7) is 0. The Morgan fingerprint density at radius 2 is 2.17 bits per heavy atom. The van der Waals surface area contributed by atoms with Crippen molar-refractivity contribution in [2.45, 2.75) is 5.09 Å². The second-order valence-electron chi connectivity index (χ2n) is 2.30. The molecule has 0 radical (unpaired) electrons. The molecule has 0 unspecified atom stereocenters. The van der Waals surface area contributed by atoms with Crippen LogP contribution in [0.4, 0.5) is 0 Å². The lowest BCUT2D eigenvalue weighted by atomic mass is 10.4. The average molecular weight is 188 g/mol. The molecule has 66 valence electrons. The Morgan fingerprint density at radius 1 is 1.58 bits per heavy atom. The van der Waals surface area contributed by atoms with Gasteiger partial charge < -0.3 is 10.2 Å². The molecule has 0 fully saturated rings. The molecule has 0 aliphatic carbocycles. The highest BCUT2D eigenvalue weighted by Gasteiger charge is 2.13. The first-order chi connectivity index (χ1) is 5.41. The van der Waals surface area contributed by atoms with Crippen LogP contribution in [0, 0.1) is 5.41 Å². The van der Waals surface area contributed by atoms with Crippen LogP contribution in [0.5, 0.6) is 0 Å². The zero-order valence-corrected chi connectivity index (χ0v) is 7.18. The summed E-state index contributed by atoms with van der Waals surface area (Å²) in [5.41, 5.74) is 5.07. The molecule has 1 rings (SSSR count). The van der Waals surface area contributed by atoms with Crippen molar-refractivity contribution in [2.24, 2.45) is 5.73 Å². The van der Waals surface area contributed by atoms with Crippen LogP contribution in [0.2, 0.25) is 0 Å². The molecule has 5 nitrogen and oxygen atoms in total. The fourth-order valence-corrected chi connectivity index (χ4v) is 1.22. The summed E-state index contributed by atoms with van der Waals surface area (Å²) in [6, 6.07) is 2.62. The minimum absolute atomic E-state index is 0.0652. The van der Waals surface area contributed by atoms with Crippen LogP contribution in [0.3, 0.4) is 0 Å². The summed E-state index contributed by atoms with van der Waals surface area (Å²) in [5.74, 6) is -0.222. The standard InChI is InChI=1S/C6H8N2O3S/c1-12(9,10)5-3-2-4(11-5)6(7)8/h2-3H,1H3,(H3,7,8). The number of furan rings is 1. The van der Waals surface area contributed by atoms with Crippen LogP contribution in [0.15, 0.2) is 21.6 Å². The molecular formula is C6H8N2O3S. The Morgan fingerprint density at radius 3 is 2.42 bits per heavy atom. The Bertz CT molecular complexity index is 404. The molecule has 3 N–H and O–H groups in total. The van der Waals surface area contributed by atoms with Crippen LogP contribution >= 0.6 is 0 Å². The van der Waals surface area contributed by atoms with Crippen molar-refractivity contribution < 1.29 is 12.8 Å². The summed E-state index contributed by atoms with van der Waals surface area (Å²) < 4.78 is 26.5. The number of nitrogens with one attached hydrogen (secondary N) is 1. The van der Waals surface area contributed by atoms with E-state index in [2.05, 4.69) is 0 Å². The van der Waals surface area contributed by atoms with E-state index < -0.39 is 9.84 Å². The highest BCUT2D eigenvalue weighted by Crippen LogP contribution is 2.12. The summed E-state index contributed by atoms with van der Waals surface area (Å²) in [4.78, 5) is 0. The number of amidine groups is 1. The monoisotopic (exact) mass is 188 g/mol. The minimum Gasteiger partial charge on any atom is -0.441 e. The molecule has 0 saturated carbocycles. The van der Waals surface area contributed by atoms with Gasteiger partial charge >= 0.3 is 0 Å². The Kier molecular flexibility index (Phi) is 1.93. The van der Waals surface area contributed by atoms with Crippen LogP contribution in [-0.4, -0.2) is 20.5 Å². The van der Waals surface area contributed by atoms with Gasteiger partial charge in [0.25, 0.3) is 0 Å². The van der Waals surface area contributed by atoms with Crippen molar-refractivity contribution in [1.29, 1.82) is 5.41 Å². The van der Waals surface area contributed by atoms with Gasteiger partial charge in [0.05, 0.1) is 0 Å². The second-order valence-corrected chi connectivity index (χ2v) is 4.25. The third-order valence-electron chi connectivity index (χ3n) is 1.21. The molecule has 0 aliphatic rings. The maximum atomic E-state index is 10.9. The lowest BCUT2D eigenvalue weighted by Crippen LogP contribution is -2.09. The maximum Gasteiger partial charge on any atom is 0.218 e. The molecule has 0 aromatic carbocycles. The Hall–Kier alpha value is -1.30. The van der Waals surface area contributed by atoms with Gasteiger partial charge in [-0.05, 0) is 12.1 Å². The van der Waals surface area contributed by atoms with E-state index in [0.717, 1.165) is 6.26 Å². The van der Waals surface area contributed by atoms with Crippen molar-refractivity contribution in [2.75, 3.05) is 6.26 Å². The van der Waals surface area contributed by atoms with E-state index in [9.17, 15) is 8.42 Å². The van der Waals surface area contributed by atoms with E-state index >= 15 is 0 Å². The highest BCUT2D eigenvalue weighted by molar-refractivity contribution is 7.90. The van der Waals surface area contributed by atoms with Gasteiger partial charge in [-0.3, -0.25) is 5.41 Å². The number of nitrogen functional groups attached to an aromatic ring is 1. The normalized spacial score (nSPS) is 11.4. The number of nitrogens with two attached hydrogens (primary N) is 1. The summed E-state index contributed by atoms with van der Waals surface area (Å²) in [7, 11) is -3.33. The maximum absolute atomic E-state index is 10.9. The van der Waals surface area contributed by atoms with Crippen LogP contribution in [0.1, 0.15) is 5.76 Å². The Labute approximate surface area is 69.6 Å². The van der Waals surface area contributed by atoms with Crippen molar-refractivity contribution in [3.8, 4) is 0 Å². The molecule has 1 heterocycles. The summed E-state index contributed by atoms with van der Waals surface area (Å²) in [6.07, 6.45) is 1.02. The molecule has 0 atom stereocenters. The molecular weight excluding hydrogens is 180 g/mol. The van der Waals surface area contributed by atoms with Crippen molar-refractivity contribution >= 4 is 15.7 Å². The summed E-state index contributed by atoms with van der Waals surface area (Å²) >= 11 is 0. The molecule has 0 saturated heterocycles. The lowest BCUT2D eigenvalue weighted by molar-refractivity contribution is 0.445. The van der Waals surface area contributed by atoms with E-state index in [1.807, 2.05) is 0 Å². The van der Waals surface area contributed by atoms with Crippen LogP contribution in [-0.2, 0) is 9.84 Å². The fourth-order valence-electron chi connectivity index (χ4n) is 0.664. The molecule has 12 heavy (non-hydrogen) atoms. The van der Waals surface area contributed by atoms with E-state index in [-0.39, 0.29) is 16.7 Å². The van der Waals surface area contributed by atoms with Crippen molar-refractivity contribution in [3.05, 3.63) is 17.9 Å². The smallest absolute Gasteiger partial charge is 0.218 e. The minimum atomic E-state index is -3.33. The number of hydrogen-bond donors (Lipinski definition) is 2. The average Bonchev–Trinajstić information content (AvgIpc) is 2.30. The van der Waals surface area contributed by atoms with Crippen LogP contribution < -0.4 is 5.73 Å². The van der Waals surface area contributed by atoms with Gasteiger partial charge in [-0.25, -0.2) is 8.42 Å². The summed E-state index contributed by atoms with van der Waals surface area (Å²) in [5, 5.41) is 6.77. The number of sulfone groups is 1. The lowest BCUT2D eigenvalue weighted by Gasteiger charge is -1.91. The molecule has 6 heteroatoms. The van der Waals surface area contributed by atoms with Gasteiger partial charge in [0, 0.05) is 6.26 Å². The zero-order valence-electron chi connectivity index (χ0n) is 6.37. The quantitative estimate of drug-likeness (QED) is 0.503. The zero-order chi connectivity index (χ0) is 9.35. The third kappa shape index (κ3) is 1.65. The van der Waals surface area contributed by atoms with Crippen LogP contribution in [0.25, 0.3) is 0 Å². The SMILES string of the molecule is CS(=O)(=O)c1ccc(C(=N)N)o1. The predicted molar refractivity (Wildman–Crippen MR) is 42.8 cm³/mol. The van der Waals surface area contributed by atoms with Gasteiger partial charge in [-0.2, -0.15) is 0 Å². The van der Waals surface area contributed by atoms with E-state index in [1.54, 1.807) is 0 Å². The van der Waals surface area contributed by atoms with E-state index in [0.29, 0.717) is 0 Å². The molecule has 0 bridgehead atoms. The second kappa shape index (κ2) is 2.63. The van der Waals surface area contributed by atoms with Gasteiger partial charge in [0.1, 0.15) is 0 Å². The van der Waals surface area contributed by atoms with E-state index in [1.165, 1.54) is 12.1 Å². The topological polar surface area (TPSA) is 97.2 Å². The molecule has 0 aliphatic heterocycles. The molecule has 1 aromatic rings.